The summed E-state index contributed by atoms with van der Waals surface area (Å²) < 4.78 is 1.73. The Hall–Kier alpha value is -2.14. The molecule has 5 heteroatoms. The van der Waals surface area contributed by atoms with E-state index >= 15 is 0 Å². The van der Waals surface area contributed by atoms with Gasteiger partial charge >= 0.3 is 0 Å². The number of para-hydroxylation sites is 1. The first-order chi connectivity index (χ1) is 9.54. The maximum atomic E-state index is 12.4. The molecule has 0 saturated carbocycles. The van der Waals surface area contributed by atoms with Crippen LogP contribution in [0.15, 0.2) is 24.3 Å². The van der Waals surface area contributed by atoms with Crippen LogP contribution in [0, 0.1) is 13.8 Å². The van der Waals surface area contributed by atoms with Crippen LogP contribution in [0.5, 0.6) is 0 Å². The SMILES string of the molecule is CNCc1ccccc1NC(=O)c1c(C)nn(C)c1C. The summed E-state index contributed by atoms with van der Waals surface area (Å²) in [6, 6.07) is 7.78. The van der Waals surface area contributed by atoms with Gasteiger partial charge in [0, 0.05) is 25.0 Å². The summed E-state index contributed by atoms with van der Waals surface area (Å²) in [5.74, 6) is -0.114. The summed E-state index contributed by atoms with van der Waals surface area (Å²) in [6.07, 6.45) is 0. The Morgan fingerprint density at radius 2 is 2.00 bits per heavy atom. The van der Waals surface area contributed by atoms with Crippen LogP contribution >= 0.6 is 0 Å². The topological polar surface area (TPSA) is 58.9 Å². The van der Waals surface area contributed by atoms with Crippen molar-refractivity contribution in [2.24, 2.45) is 7.05 Å². The molecule has 20 heavy (non-hydrogen) atoms. The van der Waals surface area contributed by atoms with Gasteiger partial charge in [0.1, 0.15) is 0 Å². The number of amides is 1. The maximum Gasteiger partial charge on any atom is 0.259 e. The molecule has 1 heterocycles. The van der Waals surface area contributed by atoms with E-state index in [1.807, 2.05) is 52.2 Å². The summed E-state index contributed by atoms with van der Waals surface area (Å²) in [4.78, 5) is 12.4. The molecule has 0 fully saturated rings. The van der Waals surface area contributed by atoms with Crippen molar-refractivity contribution >= 4 is 11.6 Å². The molecule has 2 N–H and O–H groups in total. The molecule has 0 aliphatic heterocycles. The van der Waals surface area contributed by atoms with Gasteiger partial charge in [-0.25, -0.2) is 0 Å². The van der Waals surface area contributed by atoms with E-state index in [2.05, 4.69) is 15.7 Å². The summed E-state index contributed by atoms with van der Waals surface area (Å²) in [6.45, 7) is 4.46. The second-order valence-electron chi connectivity index (χ2n) is 4.81. The molecule has 0 aliphatic carbocycles. The van der Waals surface area contributed by atoms with Gasteiger partial charge in [0.25, 0.3) is 5.91 Å². The maximum absolute atomic E-state index is 12.4. The monoisotopic (exact) mass is 272 g/mol. The van der Waals surface area contributed by atoms with Gasteiger partial charge in [-0.3, -0.25) is 9.48 Å². The minimum atomic E-state index is -0.114. The number of benzene rings is 1. The molecule has 106 valence electrons. The Balaban J connectivity index is 2.28. The Morgan fingerprint density at radius 1 is 1.30 bits per heavy atom. The fraction of sp³-hybridized carbons (Fsp3) is 0.333. The van der Waals surface area contributed by atoms with Crippen LogP contribution in [-0.2, 0) is 13.6 Å². The number of aromatic nitrogens is 2. The molecule has 0 bridgehead atoms. The zero-order chi connectivity index (χ0) is 14.7. The molecule has 0 radical (unpaired) electrons. The van der Waals surface area contributed by atoms with Gasteiger partial charge in [0.15, 0.2) is 0 Å². The van der Waals surface area contributed by atoms with E-state index in [1.165, 1.54) is 0 Å². The van der Waals surface area contributed by atoms with Crippen molar-refractivity contribution in [3.05, 3.63) is 46.8 Å². The first-order valence-corrected chi connectivity index (χ1v) is 6.58. The van der Waals surface area contributed by atoms with Crippen LogP contribution in [-0.4, -0.2) is 22.7 Å². The third-order valence-electron chi connectivity index (χ3n) is 3.37. The van der Waals surface area contributed by atoms with Crippen molar-refractivity contribution in [1.82, 2.24) is 15.1 Å². The van der Waals surface area contributed by atoms with Gasteiger partial charge in [-0.05, 0) is 32.5 Å². The largest absolute Gasteiger partial charge is 0.322 e. The molecule has 0 spiro atoms. The van der Waals surface area contributed by atoms with Gasteiger partial charge in [-0.2, -0.15) is 5.10 Å². The Morgan fingerprint density at radius 3 is 2.60 bits per heavy atom. The van der Waals surface area contributed by atoms with Crippen molar-refractivity contribution in [3.8, 4) is 0 Å². The fourth-order valence-corrected chi connectivity index (χ4v) is 2.27. The van der Waals surface area contributed by atoms with Gasteiger partial charge < -0.3 is 10.6 Å². The number of nitrogens with zero attached hydrogens (tertiary/aromatic N) is 2. The van der Waals surface area contributed by atoms with Crippen molar-refractivity contribution in [1.29, 1.82) is 0 Å². The van der Waals surface area contributed by atoms with E-state index in [4.69, 9.17) is 0 Å². The van der Waals surface area contributed by atoms with Crippen molar-refractivity contribution in [3.63, 3.8) is 0 Å². The molecule has 2 aromatic rings. The number of aryl methyl sites for hydroxylation is 2. The van der Waals surface area contributed by atoms with E-state index in [9.17, 15) is 4.79 Å². The Labute approximate surface area is 119 Å². The molecule has 1 aromatic heterocycles. The van der Waals surface area contributed by atoms with Crippen molar-refractivity contribution in [2.75, 3.05) is 12.4 Å². The number of carbonyl (C=O) groups is 1. The van der Waals surface area contributed by atoms with Crippen molar-refractivity contribution < 1.29 is 4.79 Å². The summed E-state index contributed by atoms with van der Waals surface area (Å²) in [5, 5.41) is 10.3. The molecule has 1 aromatic carbocycles. The number of hydrogen-bond donors (Lipinski definition) is 2. The highest BCUT2D eigenvalue weighted by molar-refractivity contribution is 6.06. The number of anilines is 1. The first-order valence-electron chi connectivity index (χ1n) is 6.58. The molecule has 5 nitrogen and oxygen atoms in total. The highest BCUT2D eigenvalue weighted by atomic mass is 16.1. The van der Waals surface area contributed by atoms with Crippen LogP contribution < -0.4 is 10.6 Å². The molecule has 0 unspecified atom stereocenters. The van der Waals surface area contributed by atoms with Crippen LogP contribution in [0.1, 0.15) is 27.3 Å². The lowest BCUT2D eigenvalue weighted by atomic mass is 10.1. The van der Waals surface area contributed by atoms with Gasteiger partial charge in [0.2, 0.25) is 0 Å². The smallest absolute Gasteiger partial charge is 0.259 e. The average molecular weight is 272 g/mol. The van der Waals surface area contributed by atoms with E-state index in [0.29, 0.717) is 12.1 Å². The summed E-state index contributed by atoms with van der Waals surface area (Å²) in [5.41, 5.74) is 4.14. The van der Waals surface area contributed by atoms with Gasteiger partial charge in [-0.15, -0.1) is 0 Å². The van der Waals surface area contributed by atoms with Crippen LogP contribution in [0.25, 0.3) is 0 Å². The standard InChI is InChI=1S/C15H20N4O/c1-10-14(11(2)19(4)18-10)15(20)17-13-8-6-5-7-12(13)9-16-3/h5-8,16H,9H2,1-4H3,(H,17,20). The van der Waals surface area contributed by atoms with Crippen LogP contribution in [0.3, 0.4) is 0 Å². The lowest BCUT2D eigenvalue weighted by Gasteiger charge is -2.11. The molecular weight excluding hydrogens is 252 g/mol. The zero-order valence-corrected chi connectivity index (χ0v) is 12.3. The fourth-order valence-electron chi connectivity index (χ4n) is 2.27. The zero-order valence-electron chi connectivity index (χ0n) is 12.3. The van der Waals surface area contributed by atoms with E-state index in [1.54, 1.807) is 4.68 Å². The highest BCUT2D eigenvalue weighted by Gasteiger charge is 2.18. The normalized spacial score (nSPS) is 10.6. The van der Waals surface area contributed by atoms with E-state index in [-0.39, 0.29) is 5.91 Å². The highest BCUT2D eigenvalue weighted by Crippen LogP contribution is 2.18. The predicted molar refractivity (Wildman–Crippen MR) is 79.8 cm³/mol. The Bertz CT molecular complexity index is 631. The number of nitrogens with one attached hydrogen (secondary N) is 2. The van der Waals surface area contributed by atoms with Crippen LogP contribution in [0.2, 0.25) is 0 Å². The number of rotatable bonds is 4. The summed E-state index contributed by atoms with van der Waals surface area (Å²) >= 11 is 0. The van der Waals surface area contributed by atoms with Crippen LogP contribution in [0.4, 0.5) is 5.69 Å². The number of hydrogen-bond acceptors (Lipinski definition) is 3. The van der Waals surface area contributed by atoms with E-state index < -0.39 is 0 Å². The molecule has 0 atom stereocenters. The third kappa shape index (κ3) is 2.72. The second-order valence-corrected chi connectivity index (χ2v) is 4.81. The predicted octanol–water partition coefficient (Wildman–Crippen LogP) is 2.01. The average Bonchev–Trinajstić information content (AvgIpc) is 2.66. The van der Waals surface area contributed by atoms with E-state index in [0.717, 1.165) is 22.6 Å². The second kappa shape index (κ2) is 5.88. The lowest BCUT2D eigenvalue weighted by Crippen LogP contribution is -2.16. The molecule has 0 saturated heterocycles. The molecule has 0 aliphatic rings. The minimum Gasteiger partial charge on any atom is -0.322 e. The quantitative estimate of drug-likeness (QED) is 0.895. The Kier molecular flexibility index (Phi) is 4.20. The molecule has 2 rings (SSSR count). The minimum absolute atomic E-state index is 0.114. The number of carbonyl (C=O) groups excluding carboxylic acids is 1. The third-order valence-corrected chi connectivity index (χ3v) is 3.37. The first kappa shape index (κ1) is 14.3. The molecule has 1 amide bonds. The van der Waals surface area contributed by atoms with Gasteiger partial charge in [-0.1, -0.05) is 18.2 Å². The van der Waals surface area contributed by atoms with Crippen molar-refractivity contribution in [2.45, 2.75) is 20.4 Å². The van der Waals surface area contributed by atoms with Gasteiger partial charge in [0.05, 0.1) is 11.3 Å². The lowest BCUT2D eigenvalue weighted by molar-refractivity contribution is 0.102. The summed E-state index contributed by atoms with van der Waals surface area (Å²) in [7, 11) is 3.72. The molecular formula is C15H20N4O.